The molecule has 6 nitrogen and oxygen atoms in total. The van der Waals surface area contributed by atoms with Gasteiger partial charge in [0.25, 0.3) is 0 Å². The van der Waals surface area contributed by atoms with Crippen molar-refractivity contribution < 1.29 is 14.3 Å². The van der Waals surface area contributed by atoms with Crippen molar-refractivity contribution in [1.82, 2.24) is 15.6 Å². The van der Waals surface area contributed by atoms with Gasteiger partial charge in [0.1, 0.15) is 12.4 Å². The number of carbonyl (C=O) groups excluding carboxylic acids is 1. The van der Waals surface area contributed by atoms with Gasteiger partial charge in [-0.1, -0.05) is 11.8 Å². The third-order valence-corrected chi connectivity index (χ3v) is 2.00. The molecule has 0 atom stereocenters. The molecule has 0 aliphatic rings. The summed E-state index contributed by atoms with van der Waals surface area (Å²) in [4.78, 5) is 15.1. The topological polar surface area (TPSA) is 72.5 Å². The lowest BCUT2D eigenvalue weighted by Crippen LogP contribution is -2.37. The molecule has 102 valence electrons. The number of carbonyl (C=O) groups is 1. The monoisotopic (exact) mass is 263 g/mol. The van der Waals surface area contributed by atoms with Crippen LogP contribution in [-0.2, 0) is 4.74 Å². The average molecular weight is 263 g/mol. The van der Waals surface area contributed by atoms with E-state index in [9.17, 15) is 4.79 Å². The molecular formula is C13H17N3O3. The zero-order chi connectivity index (χ0) is 13.8. The van der Waals surface area contributed by atoms with Crippen LogP contribution in [0.1, 0.15) is 0 Å². The molecule has 0 aliphatic heterocycles. The van der Waals surface area contributed by atoms with Crippen LogP contribution in [0.4, 0.5) is 4.79 Å². The number of hydrogen-bond donors (Lipinski definition) is 2. The molecule has 0 aromatic carbocycles. The van der Waals surface area contributed by atoms with Gasteiger partial charge in [-0.05, 0) is 12.1 Å². The Kier molecular flexibility index (Phi) is 7.59. The summed E-state index contributed by atoms with van der Waals surface area (Å²) >= 11 is 0. The highest BCUT2D eigenvalue weighted by molar-refractivity contribution is 5.74. The first-order valence-electron chi connectivity index (χ1n) is 5.82. The smallest absolute Gasteiger partial charge is 0.315 e. The van der Waals surface area contributed by atoms with Crippen LogP contribution in [-0.4, -0.2) is 44.4 Å². The van der Waals surface area contributed by atoms with Gasteiger partial charge in [-0.2, -0.15) is 0 Å². The lowest BCUT2D eigenvalue weighted by Gasteiger charge is -2.03. The van der Waals surface area contributed by atoms with E-state index < -0.39 is 0 Å². The number of nitrogens with one attached hydrogen (secondary N) is 2. The van der Waals surface area contributed by atoms with Crippen molar-refractivity contribution in [2.75, 3.05) is 33.4 Å². The number of ether oxygens (including phenoxy) is 2. The Hall–Kier alpha value is -2.26. The quantitative estimate of drug-likeness (QED) is 0.576. The number of nitrogens with zero attached hydrogens (tertiary/aromatic N) is 1. The maximum Gasteiger partial charge on any atom is 0.315 e. The van der Waals surface area contributed by atoms with Crippen molar-refractivity contribution in [3.63, 3.8) is 0 Å². The minimum atomic E-state index is -0.264. The molecule has 0 radical (unpaired) electrons. The summed E-state index contributed by atoms with van der Waals surface area (Å²) in [6.07, 6.45) is 3.29. The standard InChI is InChI=1S/C13H17N3O3/c1-18-10-8-16-13(17)15-7-2-3-9-19-12-5-4-6-14-11-12/h4-6,11H,7-10H2,1H3,(H2,15,16,17). The number of rotatable bonds is 6. The van der Waals surface area contributed by atoms with Crippen LogP contribution in [0.2, 0.25) is 0 Å². The molecule has 1 heterocycles. The Balaban J connectivity index is 2.06. The largest absolute Gasteiger partial charge is 0.479 e. The van der Waals surface area contributed by atoms with Gasteiger partial charge in [0.05, 0.1) is 19.3 Å². The van der Waals surface area contributed by atoms with E-state index in [1.165, 1.54) is 0 Å². The van der Waals surface area contributed by atoms with Gasteiger partial charge in [0.15, 0.2) is 0 Å². The molecule has 1 rings (SSSR count). The van der Waals surface area contributed by atoms with Crippen LogP contribution in [0.3, 0.4) is 0 Å². The third kappa shape index (κ3) is 7.63. The first-order chi connectivity index (χ1) is 9.33. The highest BCUT2D eigenvalue weighted by Gasteiger charge is 1.95. The van der Waals surface area contributed by atoms with E-state index in [0.29, 0.717) is 18.9 Å². The highest BCUT2D eigenvalue weighted by Crippen LogP contribution is 2.04. The number of methoxy groups -OCH3 is 1. The minimum Gasteiger partial charge on any atom is -0.479 e. The van der Waals surface area contributed by atoms with Gasteiger partial charge in [-0.25, -0.2) is 4.79 Å². The average Bonchev–Trinajstić information content (AvgIpc) is 2.44. The number of amides is 2. The molecule has 0 spiro atoms. The van der Waals surface area contributed by atoms with E-state index in [2.05, 4.69) is 27.5 Å². The zero-order valence-corrected chi connectivity index (χ0v) is 10.8. The SMILES string of the molecule is COCCNC(=O)NCC#CCOc1cccnc1. The normalized spacial score (nSPS) is 9.11. The molecule has 19 heavy (non-hydrogen) atoms. The fraction of sp³-hybridized carbons (Fsp3) is 0.385. The first kappa shape index (κ1) is 14.8. The molecule has 1 aromatic heterocycles. The van der Waals surface area contributed by atoms with Crippen molar-refractivity contribution in [2.45, 2.75) is 0 Å². The number of hydrogen-bond acceptors (Lipinski definition) is 4. The molecule has 0 aliphatic carbocycles. The van der Waals surface area contributed by atoms with Crippen molar-refractivity contribution >= 4 is 6.03 Å². The molecule has 1 aromatic rings. The van der Waals surface area contributed by atoms with E-state index >= 15 is 0 Å². The van der Waals surface area contributed by atoms with Gasteiger partial charge in [-0.15, -0.1) is 0 Å². The summed E-state index contributed by atoms with van der Waals surface area (Å²) < 4.78 is 10.1. The first-order valence-corrected chi connectivity index (χ1v) is 5.82. The van der Waals surface area contributed by atoms with E-state index in [4.69, 9.17) is 9.47 Å². The molecular weight excluding hydrogens is 246 g/mol. The van der Waals surface area contributed by atoms with Crippen LogP contribution < -0.4 is 15.4 Å². The van der Waals surface area contributed by atoms with Crippen LogP contribution >= 0.6 is 0 Å². The maximum atomic E-state index is 11.2. The predicted octanol–water partition coefficient (Wildman–Crippen LogP) is 0.409. The van der Waals surface area contributed by atoms with Gasteiger partial charge in [-0.3, -0.25) is 4.98 Å². The number of urea groups is 1. The zero-order valence-electron chi connectivity index (χ0n) is 10.8. The van der Waals surface area contributed by atoms with Crippen LogP contribution in [0, 0.1) is 11.8 Å². The summed E-state index contributed by atoms with van der Waals surface area (Å²) in [6, 6.07) is 3.32. The van der Waals surface area contributed by atoms with E-state index in [0.717, 1.165) is 0 Å². The van der Waals surface area contributed by atoms with Crippen molar-refractivity contribution in [1.29, 1.82) is 0 Å². The lowest BCUT2D eigenvalue weighted by molar-refractivity contribution is 0.196. The predicted molar refractivity (Wildman–Crippen MR) is 70.8 cm³/mol. The summed E-state index contributed by atoms with van der Waals surface area (Å²) in [7, 11) is 1.58. The van der Waals surface area contributed by atoms with Crippen LogP contribution in [0.15, 0.2) is 24.5 Å². The van der Waals surface area contributed by atoms with Gasteiger partial charge in [0, 0.05) is 19.9 Å². The molecule has 0 unspecified atom stereocenters. The minimum absolute atomic E-state index is 0.263. The Labute approximate surface area is 112 Å². The maximum absolute atomic E-state index is 11.2. The lowest BCUT2D eigenvalue weighted by atomic mass is 10.5. The number of aromatic nitrogens is 1. The Bertz CT molecular complexity index is 426. The Morgan fingerprint density at radius 3 is 3.05 bits per heavy atom. The van der Waals surface area contributed by atoms with Gasteiger partial charge < -0.3 is 20.1 Å². The summed E-state index contributed by atoms with van der Waals surface area (Å²) in [5.41, 5.74) is 0. The molecule has 6 heteroatoms. The highest BCUT2D eigenvalue weighted by atomic mass is 16.5. The molecule has 0 bridgehead atoms. The molecule has 0 saturated heterocycles. The number of pyridine rings is 1. The summed E-state index contributed by atoms with van der Waals surface area (Å²) in [5, 5.41) is 5.21. The molecule has 2 amide bonds. The summed E-state index contributed by atoms with van der Waals surface area (Å²) in [5.74, 6) is 6.24. The van der Waals surface area contributed by atoms with Crippen molar-refractivity contribution in [2.24, 2.45) is 0 Å². The second-order valence-electron chi connectivity index (χ2n) is 3.43. The Morgan fingerprint density at radius 1 is 1.42 bits per heavy atom. The fourth-order valence-electron chi connectivity index (χ4n) is 1.12. The summed E-state index contributed by atoms with van der Waals surface area (Å²) in [6.45, 7) is 1.49. The van der Waals surface area contributed by atoms with Crippen LogP contribution in [0.25, 0.3) is 0 Å². The molecule has 2 N–H and O–H groups in total. The molecule has 0 fully saturated rings. The fourth-order valence-corrected chi connectivity index (χ4v) is 1.12. The van der Waals surface area contributed by atoms with Crippen molar-refractivity contribution in [3.8, 4) is 17.6 Å². The van der Waals surface area contributed by atoms with Crippen molar-refractivity contribution in [3.05, 3.63) is 24.5 Å². The second kappa shape index (κ2) is 9.74. The Morgan fingerprint density at radius 2 is 2.32 bits per heavy atom. The van der Waals surface area contributed by atoms with Gasteiger partial charge >= 0.3 is 6.03 Å². The van der Waals surface area contributed by atoms with E-state index in [1.807, 2.05) is 0 Å². The van der Waals surface area contributed by atoms with Crippen LogP contribution in [0.5, 0.6) is 5.75 Å². The van der Waals surface area contributed by atoms with E-state index in [1.54, 1.807) is 31.6 Å². The third-order valence-electron chi connectivity index (χ3n) is 2.00. The van der Waals surface area contributed by atoms with Gasteiger partial charge in [0.2, 0.25) is 0 Å². The molecule has 0 saturated carbocycles. The second-order valence-corrected chi connectivity index (χ2v) is 3.43. The van der Waals surface area contributed by atoms with E-state index in [-0.39, 0.29) is 19.2 Å².